The molecule has 0 spiro atoms. The Morgan fingerprint density at radius 3 is 2.96 bits per heavy atom. The van der Waals surface area contributed by atoms with Gasteiger partial charge < -0.3 is 4.90 Å². The summed E-state index contributed by atoms with van der Waals surface area (Å²) in [5.74, 6) is 0.659. The smallest absolute Gasteiger partial charge is 0.270 e. The van der Waals surface area contributed by atoms with Crippen molar-refractivity contribution in [2.45, 2.75) is 38.1 Å². The van der Waals surface area contributed by atoms with Crippen molar-refractivity contribution in [3.05, 3.63) is 58.4 Å². The molecule has 0 N–H and O–H groups in total. The van der Waals surface area contributed by atoms with E-state index in [1.54, 1.807) is 23.2 Å². The highest BCUT2D eigenvalue weighted by atomic mass is 16.2. The lowest BCUT2D eigenvalue weighted by Crippen LogP contribution is -2.43. The molecule has 4 heterocycles. The van der Waals surface area contributed by atoms with Crippen LogP contribution in [-0.2, 0) is 6.54 Å². The van der Waals surface area contributed by atoms with Crippen LogP contribution in [0.1, 0.15) is 47.7 Å². The number of pyridine rings is 1. The molecule has 1 atom stereocenters. The predicted molar refractivity (Wildman–Crippen MR) is 102 cm³/mol. The third kappa shape index (κ3) is 3.19. The van der Waals surface area contributed by atoms with Crippen LogP contribution in [0.3, 0.4) is 0 Å². The normalized spacial score (nSPS) is 19.9. The Morgan fingerprint density at radius 1 is 1.21 bits per heavy atom. The quantitative estimate of drug-likeness (QED) is 0.690. The van der Waals surface area contributed by atoms with Crippen molar-refractivity contribution in [3.63, 3.8) is 0 Å². The van der Waals surface area contributed by atoms with Gasteiger partial charge in [-0.1, -0.05) is 11.3 Å². The van der Waals surface area contributed by atoms with E-state index in [0.717, 1.165) is 25.1 Å². The SMILES string of the molecule is O=C(c1cnc2ccccn2c1=O)N1CCCC(Cn2cc(C3CC3)nn2)C1. The van der Waals surface area contributed by atoms with Crippen molar-refractivity contribution >= 4 is 11.6 Å². The van der Waals surface area contributed by atoms with E-state index in [9.17, 15) is 9.59 Å². The van der Waals surface area contributed by atoms with E-state index >= 15 is 0 Å². The molecule has 0 bridgehead atoms. The number of hydrogen-bond donors (Lipinski definition) is 0. The molecule has 1 saturated heterocycles. The van der Waals surface area contributed by atoms with Crippen molar-refractivity contribution in [1.29, 1.82) is 0 Å². The summed E-state index contributed by atoms with van der Waals surface area (Å²) in [6.07, 6.45) is 9.46. The number of likely N-dealkylation sites (tertiary alicyclic amines) is 1. The minimum absolute atomic E-state index is 0.126. The van der Waals surface area contributed by atoms with E-state index < -0.39 is 0 Å². The third-order valence-corrected chi connectivity index (χ3v) is 5.65. The zero-order valence-corrected chi connectivity index (χ0v) is 15.6. The van der Waals surface area contributed by atoms with E-state index in [-0.39, 0.29) is 17.0 Å². The number of nitrogens with zero attached hydrogens (tertiary/aromatic N) is 6. The molecule has 2 fully saturated rings. The molecular weight excluding hydrogens is 356 g/mol. The number of fused-ring (bicyclic) bond motifs is 1. The van der Waals surface area contributed by atoms with Gasteiger partial charge in [0.25, 0.3) is 11.5 Å². The van der Waals surface area contributed by atoms with Crippen LogP contribution in [0.2, 0.25) is 0 Å². The van der Waals surface area contributed by atoms with Crippen LogP contribution in [0.25, 0.3) is 5.65 Å². The van der Waals surface area contributed by atoms with Crippen molar-refractivity contribution in [2.24, 2.45) is 5.92 Å². The van der Waals surface area contributed by atoms with E-state index in [1.807, 2.05) is 16.9 Å². The molecule has 1 aliphatic heterocycles. The van der Waals surface area contributed by atoms with Crippen LogP contribution < -0.4 is 5.56 Å². The van der Waals surface area contributed by atoms with Crippen LogP contribution in [0, 0.1) is 5.92 Å². The number of carbonyl (C=O) groups is 1. The molecule has 1 aliphatic carbocycles. The van der Waals surface area contributed by atoms with Gasteiger partial charge in [-0.3, -0.25) is 18.7 Å². The maximum Gasteiger partial charge on any atom is 0.270 e. The van der Waals surface area contributed by atoms with Gasteiger partial charge in [0.05, 0.1) is 5.69 Å². The highest BCUT2D eigenvalue weighted by Gasteiger charge is 2.29. The molecule has 0 radical (unpaired) electrons. The maximum atomic E-state index is 13.0. The first-order valence-electron chi connectivity index (χ1n) is 9.85. The predicted octanol–water partition coefficient (Wildman–Crippen LogP) is 1.72. The summed E-state index contributed by atoms with van der Waals surface area (Å²) in [5, 5.41) is 8.51. The third-order valence-electron chi connectivity index (χ3n) is 5.65. The number of carbonyl (C=O) groups excluding carboxylic acids is 1. The molecule has 3 aromatic heterocycles. The second-order valence-electron chi connectivity index (χ2n) is 7.81. The second kappa shape index (κ2) is 6.85. The topological polar surface area (TPSA) is 85.4 Å². The highest BCUT2D eigenvalue weighted by Crippen LogP contribution is 2.38. The fraction of sp³-hybridized carbons (Fsp3) is 0.450. The number of piperidine rings is 1. The molecule has 5 rings (SSSR count). The Kier molecular flexibility index (Phi) is 4.18. The van der Waals surface area contributed by atoms with Crippen molar-refractivity contribution in [2.75, 3.05) is 13.1 Å². The van der Waals surface area contributed by atoms with Gasteiger partial charge in [-0.15, -0.1) is 5.10 Å². The standard InChI is InChI=1S/C20H22N6O2/c27-19(16-10-21-18-5-1-2-9-26(18)20(16)28)24-8-3-4-14(11-24)12-25-13-17(22-23-25)15-6-7-15/h1-2,5,9-10,13-15H,3-4,6-8,11-12H2. The van der Waals surface area contributed by atoms with E-state index in [2.05, 4.69) is 15.3 Å². The minimum Gasteiger partial charge on any atom is -0.338 e. The summed E-state index contributed by atoms with van der Waals surface area (Å²) >= 11 is 0. The van der Waals surface area contributed by atoms with Crippen molar-refractivity contribution < 1.29 is 4.79 Å². The fourth-order valence-corrected chi connectivity index (χ4v) is 3.98. The molecule has 1 saturated carbocycles. The maximum absolute atomic E-state index is 13.0. The first kappa shape index (κ1) is 17.1. The molecule has 28 heavy (non-hydrogen) atoms. The number of amides is 1. The van der Waals surface area contributed by atoms with Crippen LogP contribution >= 0.6 is 0 Å². The van der Waals surface area contributed by atoms with Gasteiger partial charge in [0, 0.05) is 44.1 Å². The van der Waals surface area contributed by atoms with E-state index in [4.69, 9.17) is 0 Å². The molecule has 8 nitrogen and oxygen atoms in total. The van der Waals surface area contributed by atoms with Crippen LogP contribution in [0.4, 0.5) is 0 Å². The number of rotatable bonds is 4. The highest BCUT2D eigenvalue weighted by molar-refractivity contribution is 5.93. The van der Waals surface area contributed by atoms with Gasteiger partial charge in [-0.25, -0.2) is 4.98 Å². The molecule has 1 unspecified atom stereocenters. The number of hydrogen-bond acceptors (Lipinski definition) is 5. The first-order valence-corrected chi connectivity index (χ1v) is 9.85. The molecule has 3 aromatic rings. The van der Waals surface area contributed by atoms with Crippen molar-refractivity contribution in [3.8, 4) is 0 Å². The van der Waals surface area contributed by atoms with Gasteiger partial charge >= 0.3 is 0 Å². The van der Waals surface area contributed by atoms with Crippen LogP contribution in [0.15, 0.2) is 41.6 Å². The second-order valence-corrected chi connectivity index (χ2v) is 7.81. The average Bonchev–Trinajstić information content (AvgIpc) is 3.48. The molecule has 0 aromatic carbocycles. The van der Waals surface area contributed by atoms with Crippen LogP contribution in [-0.4, -0.2) is 48.3 Å². The van der Waals surface area contributed by atoms with Crippen LogP contribution in [0.5, 0.6) is 0 Å². The molecule has 1 amide bonds. The summed E-state index contributed by atoms with van der Waals surface area (Å²) < 4.78 is 3.32. The lowest BCUT2D eigenvalue weighted by Gasteiger charge is -2.32. The van der Waals surface area contributed by atoms with E-state index in [1.165, 1.54) is 23.4 Å². The summed E-state index contributed by atoms with van der Waals surface area (Å²) in [6.45, 7) is 2.03. The zero-order valence-electron chi connectivity index (χ0n) is 15.6. The number of aromatic nitrogens is 5. The summed E-state index contributed by atoms with van der Waals surface area (Å²) in [5.41, 5.74) is 1.43. The Bertz CT molecular complexity index is 1080. The minimum atomic E-state index is -0.317. The lowest BCUT2D eigenvalue weighted by molar-refractivity contribution is 0.0657. The Morgan fingerprint density at radius 2 is 2.11 bits per heavy atom. The van der Waals surface area contributed by atoms with Gasteiger partial charge in [0.2, 0.25) is 0 Å². The molecule has 144 valence electrons. The lowest BCUT2D eigenvalue weighted by atomic mass is 9.97. The Balaban J connectivity index is 1.32. The van der Waals surface area contributed by atoms with Gasteiger partial charge in [0.1, 0.15) is 11.2 Å². The largest absolute Gasteiger partial charge is 0.338 e. The van der Waals surface area contributed by atoms with E-state index in [0.29, 0.717) is 30.6 Å². The Labute approximate surface area is 161 Å². The summed E-state index contributed by atoms with van der Waals surface area (Å²) in [4.78, 5) is 31.8. The monoisotopic (exact) mass is 378 g/mol. The van der Waals surface area contributed by atoms with Gasteiger partial charge in [-0.05, 0) is 43.7 Å². The van der Waals surface area contributed by atoms with Crippen molar-refractivity contribution in [1.82, 2.24) is 29.3 Å². The summed E-state index contributed by atoms with van der Waals surface area (Å²) in [7, 11) is 0. The Hall–Kier alpha value is -3.03. The molecular formula is C20H22N6O2. The van der Waals surface area contributed by atoms with Gasteiger partial charge in [-0.2, -0.15) is 0 Å². The molecule has 2 aliphatic rings. The summed E-state index contributed by atoms with van der Waals surface area (Å²) in [6, 6.07) is 5.33. The van der Waals surface area contributed by atoms with Gasteiger partial charge in [0.15, 0.2) is 0 Å². The molecule has 8 heteroatoms. The fourth-order valence-electron chi connectivity index (χ4n) is 3.98. The zero-order chi connectivity index (χ0) is 19.1. The first-order chi connectivity index (χ1) is 13.7. The average molecular weight is 378 g/mol.